The molecule has 3 aliphatic rings. The van der Waals surface area contributed by atoms with Crippen LogP contribution in [0.15, 0.2) is 77.7 Å². The summed E-state index contributed by atoms with van der Waals surface area (Å²) in [7, 11) is -3.58. The first-order valence-electron chi connectivity index (χ1n) is 13.8. The van der Waals surface area contributed by atoms with E-state index in [0.29, 0.717) is 29.3 Å². The van der Waals surface area contributed by atoms with Gasteiger partial charge in [0.2, 0.25) is 0 Å². The number of carboxylic acid groups (broad SMARTS) is 1. The number of sulfone groups is 1. The Morgan fingerprint density at radius 2 is 1.77 bits per heavy atom. The van der Waals surface area contributed by atoms with Crippen LogP contribution in [-0.2, 0) is 22.8 Å². The van der Waals surface area contributed by atoms with Gasteiger partial charge in [0.1, 0.15) is 4.87 Å². The Morgan fingerprint density at radius 1 is 1.03 bits per heavy atom. The van der Waals surface area contributed by atoms with Crippen molar-refractivity contribution >= 4 is 21.5 Å². The minimum absolute atomic E-state index is 0.0672. The fourth-order valence-corrected chi connectivity index (χ4v) is 8.35. The van der Waals surface area contributed by atoms with E-state index in [1.165, 1.54) is 5.56 Å². The molecule has 2 atom stereocenters. The molecule has 1 aliphatic carbocycles. The smallest absolute Gasteiger partial charge is 0.335 e. The standard InChI is InChI=1S/C31H35N3O4S/c35-30(36)24-8-6-23(7-9-24)21-34-16-13-22(14-17-34)20-33-31(39(37,38)27-4-2-1-3-5-27)19-28(31)25-10-11-29-26(18-25)12-15-32-29/h1-11,18,22,28,32-33H,12-17,19-21H2,(H,35,36). The molecule has 2 heterocycles. The highest BCUT2D eigenvalue weighted by Gasteiger charge is 2.64. The van der Waals surface area contributed by atoms with E-state index in [-0.39, 0.29) is 5.92 Å². The first-order valence-corrected chi connectivity index (χ1v) is 15.3. The maximum Gasteiger partial charge on any atom is 0.335 e. The van der Waals surface area contributed by atoms with Gasteiger partial charge in [-0.05, 0) is 98.3 Å². The zero-order valence-corrected chi connectivity index (χ0v) is 22.8. The Hall–Kier alpha value is -3.20. The number of hydrogen-bond donors (Lipinski definition) is 3. The van der Waals surface area contributed by atoms with Crippen molar-refractivity contribution in [2.45, 2.75) is 47.9 Å². The van der Waals surface area contributed by atoms with Crippen LogP contribution in [0.25, 0.3) is 0 Å². The number of nitrogens with zero attached hydrogens (tertiary/aromatic N) is 1. The Balaban J connectivity index is 1.13. The van der Waals surface area contributed by atoms with Crippen molar-refractivity contribution in [3.63, 3.8) is 0 Å². The molecule has 1 saturated carbocycles. The Labute approximate surface area is 230 Å². The third kappa shape index (κ3) is 5.09. The van der Waals surface area contributed by atoms with Gasteiger partial charge < -0.3 is 10.4 Å². The molecule has 0 spiro atoms. The molecular formula is C31H35N3O4S. The van der Waals surface area contributed by atoms with Crippen LogP contribution in [0.5, 0.6) is 0 Å². The Kier molecular flexibility index (Phi) is 6.95. The van der Waals surface area contributed by atoms with Gasteiger partial charge in [-0.1, -0.05) is 42.5 Å². The molecule has 3 aromatic carbocycles. The molecule has 2 unspecified atom stereocenters. The third-order valence-corrected chi connectivity index (χ3v) is 11.1. The SMILES string of the molecule is O=C(O)c1ccc(CN2CCC(CNC3(S(=O)(=O)c4ccccc4)CC3c3ccc4c(c3)CCN4)CC2)cc1. The molecule has 8 heteroatoms. The van der Waals surface area contributed by atoms with Gasteiger partial charge in [-0.15, -0.1) is 0 Å². The molecular weight excluding hydrogens is 510 g/mol. The number of aromatic carboxylic acids is 1. The zero-order valence-electron chi connectivity index (χ0n) is 22.0. The van der Waals surface area contributed by atoms with E-state index in [1.54, 1.807) is 36.4 Å². The van der Waals surface area contributed by atoms with E-state index in [1.807, 2.05) is 18.2 Å². The number of anilines is 1. The number of piperidine rings is 1. The molecule has 2 aliphatic heterocycles. The molecule has 7 nitrogen and oxygen atoms in total. The number of nitrogens with one attached hydrogen (secondary N) is 2. The average molecular weight is 546 g/mol. The zero-order chi connectivity index (χ0) is 27.0. The summed E-state index contributed by atoms with van der Waals surface area (Å²) in [5, 5.41) is 16.1. The summed E-state index contributed by atoms with van der Waals surface area (Å²) >= 11 is 0. The van der Waals surface area contributed by atoms with Crippen molar-refractivity contribution in [3.8, 4) is 0 Å². The lowest BCUT2D eigenvalue weighted by atomic mass is 9.96. The lowest BCUT2D eigenvalue weighted by Crippen LogP contribution is -2.45. The van der Waals surface area contributed by atoms with Crippen LogP contribution < -0.4 is 10.6 Å². The maximum absolute atomic E-state index is 14.0. The van der Waals surface area contributed by atoms with Crippen molar-refractivity contribution < 1.29 is 18.3 Å². The van der Waals surface area contributed by atoms with Crippen LogP contribution in [0, 0.1) is 5.92 Å². The van der Waals surface area contributed by atoms with Crippen molar-refractivity contribution in [1.29, 1.82) is 0 Å². The predicted octanol–water partition coefficient (Wildman–Crippen LogP) is 4.51. The fraction of sp³-hybridized carbons (Fsp3) is 0.387. The number of hydrogen-bond acceptors (Lipinski definition) is 6. The normalized spacial score (nSPS) is 23.2. The lowest BCUT2D eigenvalue weighted by Gasteiger charge is -2.33. The molecule has 3 aromatic rings. The van der Waals surface area contributed by atoms with Crippen LogP contribution in [-0.4, -0.2) is 55.4 Å². The summed E-state index contributed by atoms with van der Waals surface area (Å²) in [4.78, 5) is 12.9. The topological polar surface area (TPSA) is 98.7 Å². The highest BCUT2D eigenvalue weighted by atomic mass is 32.2. The van der Waals surface area contributed by atoms with Gasteiger partial charge in [0, 0.05) is 24.7 Å². The monoisotopic (exact) mass is 545 g/mol. The summed E-state index contributed by atoms with van der Waals surface area (Å²) in [6, 6.07) is 22.3. The molecule has 0 bridgehead atoms. The lowest BCUT2D eigenvalue weighted by molar-refractivity contribution is 0.0697. The van der Waals surface area contributed by atoms with Crippen molar-refractivity contribution in [3.05, 3.63) is 95.1 Å². The van der Waals surface area contributed by atoms with Gasteiger partial charge >= 0.3 is 5.97 Å². The molecule has 204 valence electrons. The largest absolute Gasteiger partial charge is 0.478 e. The van der Waals surface area contributed by atoms with E-state index in [0.717, 1.165) is 62.3 Å². The molecule has 39 heavy (non-hydrogen) atoms. The molecule has 0 aromatic heterocycles. The molecule has 0 amide bonds. The van der Waals surface area contributed by atoms with Crippen molar-refractivity contribution in [1.82, 2.24) is 10.2 Å². The summed E-state index contributed by atoms with van der Waals surface area (Å²) in [5.74, 6) is -0.570. The number of carbonyl (C=O) groups is 1. The second kappa shape index (κ2) is 10.4. The molecule has 2 fully saturated rings. The van der Waals surface area contributed by atoms with Crippen molar-refractivity contribution in [2.75, 3.05) is 31.5 Å². The minimum atomic E-state index is -3.58. The minimum Gasteiger partial charge on any atom is -0.478 e. The van der Waals surface area contributed by atoms with Gasteiger partial charge in [0.25, 0.3) is 0 Å². The number of likely N-dealkylation sites (tertiary alicyclic amines) is 1. The van der Waals surface area contributed by atoms with E-state index >= 15 is 0 Å². The van der Waals surface area contributed by atoms with Crippen LogP contribution >= 0.6 is 0 Å². The number of benzene rings is 3. The second-order valence-electron chi connectivity index (χ2n) is 11.2. The van der Waals surface area contributed by atoms with Crippen LogP contribution in [0.1, 0.15) is 52.2 Å². The van der Waals surface area contributed by atoms with Crippen LogP contribution in [0.4, 0.5) is 5.69 Å². The second-order valence-corrected chi connectivity index (χ2v) is 13.4. The Morgan fingerprint density at radius 3 is 2.49 bits per heavy atom. The summed E-state index contributed by atoms with van der Waals surface area (Å²) in [6.45, 7) is 4.28. The van der Waals surface area contributed by atoms with Gasteiger partial charge in [-0.2, -0.15) is 0 Å². The summed E-state index contributed by atoms with van der Waals surface area (Å²) in [5.41, 5.74) is 4.95. The molecule has 1 saturated heterocycles. The first-order chi connectivity index (χ1) is 18.9. The summed E-state index contributed by atoms with van der Waals surface area (Å²) < 4.78 is 28.0. The third-order valence-electron chi connectivity index (χ3n) is 8.69. The first kappa shape index (κ1) is 26.0. The van der Waals surface area contributed by atoms with E-state index in [9.17, 15) is 13.2 Å². The average Bonchev–Trinajstić information content (AvgIpc) is 3.53. The van der Waals surface area contributed by atoms with Crippen LogP contribution in [0.2, 0.25) is 0 Å². The molecule has 0 radical (unpaired) electrons. The predicted molar refractivity (Wildman–Crippen MR) is 152 cm³/mol. The van der Waals surface area contributed by atoms with Gasteiger partial charge in [0.05, 0.1) is 10.5 Å². The molecule has 3 N–H and O–H groups in total. The van der Waals surface area contributed by atoms with Gasteiger partial charge in [-0.3, -0.25) is 10.2 Å². The highest BCUT2D eigenvalue weighted by molar-refractivity contribution is 7.93. The quantitative estimate of drug-likeness (QED) is 0.364. The van der Waals surface area contributed by atoms with Gasteiger partial charge in [0.15, 0.2) is 9.84 Å². The number of fused-ring (bicyclic) bond motifs is 1. The van der Waals surface area contributed by atoms with Gasteiger partial charge in [-0.25, -0.2) is 13.2 Å². The maximum atomic E-state index is 14.0. The number of carboxylic acids is 1. The summed E-state index contributed by atoms with van der Waals surface area (Å²) in [6.07, 6.45) is 3.55. The van der Waals surface area contributed by atoms with E-state index in [2.05, 4.69) is 33.7 Å². The van der Waals surface area contributed by atoms with E-state index in [4.69, 9.17) is 5.11 Å². The van der Waals surface area contributed by atoms with Crippen LogP contribution in [0.3, 0.4) is 0 Å². The number of rotatable bonds is 9. The van der Waals surface area contributed by atoms with E-state index < -0.39 is 20.7 Å². The van der Waals surface area contributed by atoms with Crippen molar-refractivity contribution in [2.24, 2.45) is 5.92 Å². The fourth-order valence-electron chi connectivity index (χ4n) is 6.25. The highest BCUT2D eigenvalue weighted by Crippen LogP contribution is 2.57. The Bertz CT molecular complexity index is 1450. The molecule has 6 rings (SSSR count).